The van der Waals surface area contributed by atoms with Crippen LogP contribution in [0.2, 0.25) is 0 Å². The molecule has 0 bridgehead atoms. The Bertz CT molecular complexity index is 631. The zero-order valence-corrected chi connectivity index (χ0v) is 11.1. The lowest BCUT2D eigenvalue weighted by Crippen LogP contribution is -2.37. The molecule has 5 heteroatoms. The lowest BCUT2D eigenvalue weighted by molar-refractivity contribution is -0.114. The van der Waals surface area contributed by atoms with Crippen LogP contribution in [-0.2, 0) is 19.4 Å². The lowest BCUT2D eigenvalue weighted by Gasteiger charge is -2.29. The second-order valence-electron chi connectivity index (χ2n) is 4.90. The summed E-state index contributed by atoms with van der Waals surface area (Å²) in [6, 6.07) is 8.33. The first-order valence-electron chi connectivity index (χ1n) is 6.20. The highest BCUT2D eigenvalue weighted by atomic mass is 32.2. The number of hydrogen-bond donors (Lipinski definition) is 0. The summed E-state index contributed by atoms with van der Waals surface area (Å²) in [7, 11) is -3.49. The molecule has 1 aromatic rings. The van der Waals surface area contributed by atoms with E-state index in [9.17, 15) is 13.2 Å². The maximum atomic E-state index is 12.6. The van der Waals surface area contributed by atoms with Gasteiger partial charge < -0.3 is 4.74 Å². The number of sulfone groups is 1. The van der Waals surface area contributed by atoms with Crippen molar-refractivity contribution in [2.45, 2.75) is 16.6 Å². The third kappa shape index (κ3) is 2.13. The predicted molar refractivity (Wildman–Crippen MR) is 69.4 cm³/mol. The van der Waals surface area contributed by atoms with Crippen LogP contribution in [0, 0.1) is 5.92 Å². The molecule has 2 aliphatic rings. The molecule has 19 heavy (non-hydrogen) atoms. The molecule has 0 N–H and O–H groups in total. The van der Waals surface area contributed by atoms with Crippen molar-refractivity contribution in [1.82, 2.24) is 0 Å². The van der Waals surface area contributed by atoms with E-state index in [-0.39, 0.29) is 23.2 Å². The zero-order valence-electron chi connectivity index (χ0n) is 10.3. The second kappa shape index (κ2) is 4.58. The first-order valence-corrected chi connectivity index (χ1v) is 7.74. The Labute approximate surface area is 112 Å². The molecule has 1 aliphatic heterocycles. The molecule has 0 aromatic heterocycles. The molecular formula is C14H14O4S. The summed E-state index contributed by atoms with van der Waals surface area (Å²) >= 11 is 0. The van der Waals surface area contributed by atoms with Crippen LogP contribution in [0.25, 0.3) is 0 Å². The Morgan fingerprint density at radius 3 is 2.58 bits per heavy atom. The molecule has 4 nitrogen and oxygen atoms in total. The summed E-state index contributed by atoms with van der Waals surface area (Å²) < 4.78 is 30.6. The molecule has 1 unspecified atom stereocenters. The fourth-order valence-electron chi connectivity index (χ4n) is 2.69. The molecule has 3 rings (SSSR count). The standard InChI is InChI=1S/C14H14O4S/c15-11-6-10-8-18-9-14(13(10)7-11)19(16,17)12-4-2-1-3-5-12/h1-5,7,10,14H,6,8-9H2/t10-,14?/m1/s1. The van der Waals surface area contributed by atoms with Crippen molar-refractivity contribution in [2.75, 3.05) is 13.2 Å². The van der Waals surface area contributed by atoms with E-state index in [1.165, 1.54) is 6.08 Å². The summed E-state index contributed by atoms with van der Waals surface area (Å²) in [5.41, 5.74) is 0.722. The zero-order chi connectivity index (χ0) is 13.5. The van der Waals surface area contributed by atoms with Gasteiger partial charge in [-0.3, -0.25) is 4.79 Å². The number of ketones is 1. The highest BCUT2D eigenvalue weighted by Crippen LogP contribution is 2.35. The molecule has 2 atom stereocenters. The summed E-state index contributed by atoms with van der Waals surface area (Å²) in [6.07, 6.45) is 1.87. The van der Waals surface area contributed by atoms with Crippen LogP contribution in [0.1, 0.15) is 6.42 Å². The number of carbonyl (C=O) groups excluding carboxylic acids is 1. The molecular weight excluding hydrogens is 264 g/mol. The fraction of sp³-hybridized carbons (Fsp3) is 0.357. The van der Waals surface area contributed by atoms with Crippen molar-refractivity contribution in [1.29, 1.82) is 0 Å². The maximum Gasteiger partial charge on any atom is 0.187 e. The highest BCUT2D eigenvalue weighted by Gasteiger charge is 2.41. The van der Waals surface area contributed by atoms with Gasteiger partial charge in [0.25, 0.3) is 0 Å². The van der Waals surface area contributed by atoms with Crippen LogP contribution >= 0.6 is 0 Å². The minimum Gasteiger partial charge on any atom is -0.379 e. The Kier molecular flexibility index (Phi) is 3.03. The number of carbonyl (C=O) groups is 1. The molecule has 0 amide bonds. The third-order valence-electron chi connectivity index (χ3n) is 3.65. The smallest absolute Gasteiger partial charge is 0.187 e. The van der Waals surface area contributed by atoms with Crippen molar-refractivity contribution >= 4 is 15.6 Å². The van der Waals surface area contributed by atoms with Gasteiger partial charge in [-0.15, -0.1) is 0 Å². The Hall–Kier alpha value is -1.46. The predicted octanol–water partition coefficient (Wildman–Crippen LogP) is 1.37. The van der Waals surface area contributed by atoms with Crippen LogP contribution in [0.15, 0.2) is 46.9 Å². The highest BCUT2D eigenvalue weighted by molar-refractivity contribution is 7.92. The van der Waals surface area contributed by atoms with Gasteiger partial charge in [-0.05, 0) is 23.8 Å². The van der Waals surface area contributed by atoms with E-state index < -0.39 is 15.1 Å². The van der Waals surface area contributed by atoms with Crippen molar-refractivity contribution in [3.05, 3.63) is 42.0 Å². The van der Waals surface area contributed by atoms with Crippen LogP contribution in [-0.4, -0.2) is 32.7 Å². The minimum absolute atomic E-state index is 0.00115. The first kappa shape index (κ1) is 12.6. The van der Waals surface area contributed by atoms with Crippen LogP contribution in [0.5, 0.6) is 0 Å². The van der Waals surface area contributed by atoms with Crippen molar-refractivity contribution in [3.8, 4) is 0 Å². The summed E-state index contributed by atoms with van der Waals surface area (Å²) in [5, 5.41) is -0.722. The van der Waals surface area contributed by atoms with Gasteiger partial charge in [-0.25, -0.2) is 8.42 Å². The van der Waals surface area contributed by atoms with Crippen LogP contribution < -0.4 is 0 Å². The van der Waals surface area contributed by atoms with Gasteiger partial charge in [0.1, 0.15) is 5.25 Å². The number of allylic oxidation sites excluding steroid dienone is 1. The number of rotatable bonds is 2. The SMILES string of the molecule is O=C1C=C2C(S(=O)(=O)c3ccccc3)COC[C@H]2C1. The molecule has 1 heterocycles. The van der Waals surface area contributed by atoms with Crippen molar-refractivity contribution in [2.24, 2.45) is 5.92 Å². The Morgan fingerprint density at radius 2 is 1.84 bits per heavy atom. The monoisotopic (exact) mass is 278 g/mol. The van der Waals surface area contributed by atoms with Crippen molar-refractivity contribution in [3.63, 3.8) is 0 Å². The van der Waals surface area contributed by atoms with E-state index in [2.05, 4.69) is 0 Å². The maximum absolute atomic E-state index is 12.6. The Morgan fingerprint density at radius 1 is 1.11 bits per heavy atom. The number of ether oxygens (including phenoxy) is 1. The van der Waals surface area contributed by atoms with Crippen molar-refractivity contribution < 1.29 is 17.9 Å². The summed E-state index contributed by atoms with van der Waals surface area (Å²) in [4.78, 5) is 11.8. The molecule has 0 spiro atoms. The average Bonchev–Trinajstić information content (AvgIpc) is 2.79. The third-order valence-corrected chi connectivity index (χ3v) is 5.74. The molecule has 1 aliphatic carbocycles. The quantitative estimate of drug-likeness (QED) is 0.820. The van der Waals surface area contributed by atoms with Gasteiger partial charge in [0.2, 0.25) is 0 Å². The normalized spacial score (nSPS) is 26.9. The molecule has 1 aromatic carbocycles. The van der Waals surface area contributed by atoms with Gasteiger partial charge in [-0.2, -0.15) is 0 Å². The van der Waals surface area contributed by atoms with Gasteiger partial charge in [-0.1, -0.05) is 18.2 Å². The molecule has 1 saturated heterocycles. The largest absolute Gasteiger partial charge is 0.379 e. The molecule has 0 radical (unpaired) electrons. The lowest BCUT2D eigenvalue weighted by atomic mass is 9.98. The molecule has 0 saturated carbocycles. The summed E-state index contributed by atoms with van der Waals surface area (Å²) in [6.45, 7) is 0.575. The number of hydrogen-bond acceptors (Lipinski definition) is 4. The van der Waals surface area contributed by atoms with Crippen LogP contribution in [0.3, 0.4) is 0 Å². The van der Waals surface area contributed by atoms with E-state index in [0.717, 1.165) is 5.57 Å². The van der Waals surface area contributed by atoms with E-state index in [1.54, 1.807) is 30.3 Å². The summed E-state index contributed by atoms with van der Waals surface area (Å²) in [5.74, 6) is -0.0662. The van der Waals surface area contributed by atoms with Gasteiger partial charge in [0, 0.05) is 12.3 Å². The van der Waals surface area contributed by atoms with E-state index in [4.69, 9.17) is 4.74 Å². The number of fused-ring (bicyclic) bond motifs is 1. The van der Waals surface area contributed by atoms with E-state index >= 15 is 0 Å². The molecule has 100 valence electrons. The van der Waals surface area contributed by atoms with Gasteiger partial charge in [0.15, 0.2) is 15.6 Å². The second-order valence-corrected chi connectivity index (χ2v) is 7.03. The Balaban J connectivity index is 2.02. The van der Waals surface area contributed by atoms with Gasteiger partial charge in [0.05, 0.1) is 18.1 Å². The van der Waals surface area contributed by atoms with Gasteiger partial charge >= 0.3 is 0 Å². The minimum atomic E-state index is -3.49. The molecule has 1 fully saturated rings. The average molecular weight is 278 g/mol. The van der Waals surface area contributed by atoms with E-state index in [1.807, 2.05) is 0 Å². The fourth-order valence-corrected chi connectivity index (χ4v) is 4.45. The van der Waals surface area contributed by atoms with E-state index in [0.29, 0.717) is 13.0 Å². The topological polar surface area (TPSA) is 60.4 Å². The van der Waals surface area contributed by atoms with Crippen LogP contribution in [0.4, 0.5) is 0 Å². The number of benzene rings is 1. The first-order chi connectivity index (χ1) is 9.09.